The van der Waals surface area contributed by atoms with E-state index in [1.54, 1.807) is 0 Å². The molecule has 100 valence electrons. The molecule has 0 amide bonds. The summed E-state index contributed by atoms with van der Waals surface area (Å²) < 4.78 is 0. The van der Waals surface area contributed by atoms with Crippen molar-refractivity contribution >= 4 is 5.82 Å². The first-order valence-electron chi connectivity index (χ1n) is 6.77. The minimum atomic E-state index is 0.109. The molecule has 2 heterocycles. The highest BCUT2D eigenvalue weighted by Crippen LogP contribution is 2.22. The van der Waals surface area contributed by atoms with Crippen molar-refractivity contribution in [3.8, 4) is 0 Å². The van der Waals surface area contributed by atoms with E-state index in [0.29, 0.717) is 0 Å². The second-order valence-electron chi connectivity index (χ2n) is 5.21. The molecule has 0 aliphatic carbocycles. The average Bonchev–Trinajstić information content (AvgIpc) is 2.39. The van der Waals surface area contributed by atoms with Crippen molar-refractivity contribution in [3.63, 3.8) is 0 Å². The van der Waals surface area contributed by atoms with Crippen molar-refractivity contribution in [2.45, 2.75) is 26.3 Å². The number of hydrogen-bond donors (Lipinski definition) is 1. The van der Waals surface area contributed by atoms with Crippen LogP contribution >= 0.6 is 0 Å². The summed E-state index contributed by atoms with van der Waals surface area (Å²) in [6, 6.07) is 2.30. The Morgan fingerprint density at radius 3 is 2.56 bits per heavy atom. The van der Waals surface area contributed by atoms with Crippen LogP contribution in [0.15, 0.2) is 12.3 Å². The van der Waals surface area contributed by atoms with Crippen molar-refractivity contribution in [1.29, 1.82) is 0 Å². The second-order valence-corrected chi connectivity index (χ2v) is 5.21. The summed E-state index contributed by atoms with van der Waals surface area (Å²) in [7, 11) is 2.17. The van der Waals surface area contributed by atoms with Crippen LogP contribution in [-0.4, -0.2) is 43.1 Å². The minimum absolute atomic E-state index is 0.109. The summed E-state index contributed by atoms with van der Waals surface area (Å²) in [4.78, 5) is 9.35. The van der Waals surface area contributed by atoms with Gasteiger partial charge in [-0.2, -0.15) is 0 Å². The largest absolute Gasteiger partial charge is 0.354 e. The van der Waals surface area contributed by atoms with Crippen LogP contribution < -0.4 is 10.6 Å². The SMILES string of the molecule is CCC(N)c1cnc(N2CCN(C)CC2)c(C)c1. The molecule has 1 fully saturated rings. The number of aromatic nitrogens is 1. The number of aryl methyl sites for hydroxylation is 1. The molecule has 1 aliphatic heterocycles. The molecule has 1 saturated heterocycles. The number of piperazine rings is 1. The Balaban J connectivity index is 2.14. The average molecular weight is 248 g/mol. The van der Waals surface area contributed by atoms with E-state index in [1.165, 1.54) is 5.56 Å². The highest BCUT2D eigenvalue weighted by atomic mass is 15.3. The van der Waals surface area contributed by atoms with Crippen LogP contribution in [0.4, 0.5) is 5.82 Å². The van der Waals surface area contributed by atoms with E-state index in [-0.39, 0.29) is 6.04 Å². The predicted octanol–water partition coefficient (Wildman–Crippen LogP) is 1.55. The lowest BCUT2D eigenvalue weighted by Crippen LogP contribution is -2.45. The maximum Gasteiger partial charge on any atom is 0.131 e. The minimum Gasteiger partial charge on any atom is -0.354 e. The number of hydrogen-bond acceptors (Lipinski definition) is 4. The Morgan fingerprint density at radius 2 is 2.00 bits per heavy atom. The molecular weight excluding hydrogens is 224 g/mol. The topological polar surface area (TPSA) is 45.4 Å². The van der Waals surface area contributed by atoms with Crippen molar-refractivity contribution in [1.82, 2.24) is 9.88 Å². The van der Waals surface area contributed by atoms with Crippen molar-refractivity contribution in [3.05, 3.63) is 23.4 Å². The molecule has 2 rings (SSSR count). The van der Waals surface area contributed by atoms with E-state index in [2.05, 4.69) is 41.7 Å². The van der Waals surface area contributed by atoms with Gasteiger partial charge in [-0.05, 0) is 37.6 Å². The van der Waals surface area contributed by atoms with Gasteiger partial charge in [0.25, 0.3) is 0 Å². The zero-order valence-electron chi connectivity index (χ0n) is 11.7. The van der Waals surface area contributed by atoms with Crippen molar-refractivity contribution in [2.75, 3.05) is 38.1 Å². The van der Waals surface area contributed by atoms with E-state index in [1.807, 2.05) is 6.20 Å². The Labute approximate surface area is 110 Å². The van der Waals surface area contributed by atoms with Gasteiger partial charge in [0.1, 0.15) is 5.82 Å². The molecule has 0 saturated carbocycles. The Hall–Kier alpha value is -1.13. The molecule has 1 unspecified atom stereocenters. The lowest BCUT2D eigenvalue weighted by atomic mass is 10.1. The van der Waals surface area contributed by atoms with Gasteiger partial charge in [0, 0.05) is 38.4 Å². The quantitative estimate of drug-likeness (QED) is 0.881. The normalized spacial score (nSPS) is 19.0. The van der Waals surface area contributed by atoms with E-state index >= 15 is 0 Å². The number of pyridine rings is 1. The molecule has 18 heavy (non-hydrogen) atoms. The molecule has 4 heteroatoms. The first-order chi connectivity index (χ1) is 8.61. The Morgan fingerprint density at radius 1 is 1.33 bits per heavy atom. The fourth-order valence-corrected chi connectivity index (χ4v) is 2.38. The van der Waals surface area contributed by atoms with Gasteiger partial charge in [-0.1, -0.05) is 6.92 Å². The summed E-state index contributed by atoms with van der Waals surface area (Å²) in [5.74, 6) is 1.12. The van der Waals surface area contributed by atoms with Gasteiger partial charge < -0.3 is 15.5 Å². The third-order valence-corrected chi connectivity index (χ3v) is 3.74. The van der Waals surface area contributed by atoms with Crippen LogP contribution in [0.25, 0.3) is 0 Å². The second kappa shape index (κ2) is 5.67. The molecule has 2 N–H and O–H groups in total. The third-order valence-electron chi connectivity index (χ3n) is 3.74. The van der Waals surface area contributed by atoms with Crippen LogP contribution in [0.3, 0.4) is 0 Å². The van der Waals surface area contributed by atoms with Crippen LogP contribution in [0.5, 0.6) is 0 Å². The summed E-state index contributed by atoms with van der Waals surface area (Å²) in [5, 5.41) is 0. The Bertz CT molecular complexity index is 397. The molecule has 1 aliphatic rings. The maximum atomic E-state index is 6.05. The zero-order chi connectivity index (χ0) is 13.1. The molecule has 4 nitrogen and oxygen atoms in total. The molecule has 0 aromatic carbocycles. The standard InChI is InChI=1S/C14H24N4/c1-4-13(15)12-9-11(2)14(16-10-12)18-7-5-17(3)6-8-18/h9-10,13H,4-8,15H2,1-3H3. The van der Waals surface area contributed by atoms with Gasteiger partial charge in [0.2, 0.25) is 0 Å². The number of likely N-dealkylation sites (N-methyl/N-ethyl adjacent to an activating group) is 1. The van der Waals surface area contributed by atoms with Crippen LogP contribution in [0.1, 0.15) is 30.5 Å². The fourth-order valence-electron chi connectivity index (χ4n) is 2.38. The molecule has 1 aromatic heterocycles. The monoisotopic (exact) mass is 248 g/mol. The lowest BCUT2D eigenvalue weighted by molar-refractivity contribution is 0.312. The van der Waals surface area contributed by atoms with Crippen LogP contribution in [-0.2, 0) is 0 Å². The zero-order valence-corrected chi connectivity index (χ0v) is 11.7. The van der Waals surface area contributed by atoms with Gasteiger partial charge in [-0.3, -0.25) is 0 Å². The number of anilines is 1. The smallest absolute Gasteiger partial charge is 0.131 e. The summed E-state index contributed by atoms with van der Waals surface area (Å²) in [6.45, 7) is 8.57. The van der Waals surface area contributed by atoms with E-state index in [4.69, 9.17) is 5.73 Å². The van der Waals surface area contributed by atoms with Crippen molar-refractivity contribution in [2.24, 2.45) is 5.73 Å². The highest BCUT2D eigenvalue weighted by Gasteiger charge is 2.17. The summed E-state index contributed by atoms with van der Waals surface area (Å²) >= 11 is 0. The van der Waals surface area contributed by atoms with E-state index in [9.17, 15) is 0 Å². The predicted molar refractivity (Wildman–Crippen MR) is 75.9 cm³/mol. The highest BCUT2D eigenvalue weighted by molar-refractivity contribution is 5.48. The molecular formula is C14H24N4. The molecule has 0 bridgehead atoms. The van der Waals surface area contributed by atoms with Gasteiger partial charge in [-0.15, -0.1) is 0 Å². The van der Waals surface area contributed by atoms with Crippen LogP contribution in [0, 0.1) is 6.92 Å². The van der Waals surface area contributed by atoms with Gasteiger partial charge in [-0.25, -0.2) is 4.98 Å². The maximum absolute atomic E-state index is 6.05. The first kappa shape index (κ1) is 13.3. The number of rotatable bonds is 3. The van der Waals surface area contributed by atoms with Gasteiger partial charge in [0.15, 0.2) is 0 Å². The number of nitrogens with two attached hydrogens (primary N) is 1. The molecule has 1 aromatic rings. The van der Waals surface area contributed by atoms with Crippen LogP contribution in [0.2, 0.25) is 0 Å². The van der Waals surface area contributed by atoms with E-state index in [0.717, 1.165) is 44.0 Å². The van der Waals surface area contributed by atoms with E-state index < -0.39 is 0 Å². The molecule has 1 atom stereocenters. The van der Waals surface area contributed by atoms with Gasteiger partial charge in [0.05, 0.1) is 0 Å². The van der Waals surface area contributed by atoms with Crippen molar-refractivity contribution < 1.29 is 0 Å². The Kier molecular flexibility index (Phi) is 4.19. The first-order valence-corrected chi connectivity index (χ1v) is 6.77. The lowest BCUT2D eigenvalue weighted by Gasteiger charge is -2.34. The fraction of sp³-hybridized carbons (Fsp3) is 0.643. The van der Waals surface area contributed by atoms with Gasteiger partial charge >= 0.3 is 0 Å². The molecule has 0 spiro atoms. The third kappa shape index (κ3) is 2.82. The number of nitrogens with zero attached hydrogens (tertiary/aromatic N) is 3. The summed E-state index contributed by atoms with van der Waals surface area (Å²) in [6.07, 6.45) is 2.89. The molecule has 0 radical (unpaired) electrons. The summed E-state index contributed by atoms with van der Waals surface area (Å²) in [5.41, 5.74) is 8.43.